The fraction of sp³-hybridized carbons (Fsp3) is 0.368. The van der Waals surface area contributed by atoms with Crippen LogP contribution in [0.25, 0.3) is 0 Å². The Kier molecular flexibility index (Phi) is 4.48. The summed E-state index contributed by atoms with van der Waals surface area (Å²) in [6.07, 6.45) is 0.817. The number of fused-ring (bicyclic) bond motifs is 1. The summed E-state index contributed by atoms with van der Waals surface area (Å²) in [5, 5.41) is 9.51. The van der Waals surface area contributed by atoms with E-state index in [4.69, 9.17) is 10.5 Å². The molecule has 0 bridgehead atoms. The lowest BCUT2D eigenvalue weighted by atomic mass is 10.0. The van der Waals surface area contributed by atoms with E-state index in [2.05, 4.69) is 20.9 Å². The molecule has 0 radical (unpaired) electrons. The molecule has 1 amide bonds. The van der Waals surface area contributed by atoms with Gasteiger partial charge in [0.25, 0.3) is 5.91 Å². The molecular formula is C19H23N5O2. The average Bonchev–Trinajstić information content (AvgIpc) is 3.00. The molecule has 5 N–H and O–H groups in total. The zero-order valence-electron chi connectivity index (χ0n) is 14.7. The van der Waals surface area contributed by atoms with Crippen LogP contribution in [0.4, 0.5) is 17.3 Å². The highest BCUT2D eigenvalue weighted by molar-refractivity contribution is 6.03. The van der Waals surface area contributed by atoms with Crippen LogP contribution >= 0.6 is 0 Å². The molecule has 7 heteroatoms. The maximum absolute atomic E-state index is 12.2. The molecular weight excluding hydrogens is 330 g/mol. The highest BCUT2D eigenvalue weighted by atomic mass is 16.5. The molecule has 1 aromatic carbocycles. The third-order valence-electron chi connectivity index (χ3n) is 4.82. The van der Waals surface area contributed by atoms with Crippen molar-refractivity contribution in [1.29, 1.82) is 0 Å². The maximum Gasteiger partial charge on any atom is 0.255 e. The fourth-order valence-corrected chi connectivity index (χ4v) is 3.29. The van der Waals surface area contributed by atoms with E-state index < -0.39 is 0 Å². The smallest absolute Gasteiger partial charge is 0.255 e. The van der Waals surface area contributed by atoms with E-state index in [-0.39, 0.29) is 18.0 Å². The number of hydrogen-bond acceptors (Lipinski definition) is 6. The second-order valence-corrected chi connectivity index (χ2v) is 6.84. The van der Waals surface area contributed by atoms with Gasteiger partial charge in [0, 0.05) is 24.9 Å². The number of anilines is 3. The number of rotatable bonds is 4. The van der Waals surface area contributed by atoms with E-state index in [9.17, 15) is 4.79 Å². The van der Waals surface area contributed by atoms with Crippen molar-refractivity contribution >= 4 is 23.2 Å². The number of benzene rings is 1. The van der Waals surface area contributed by atoms with Crippen molar-refractivity contribution in [1.82, 2.24) is 10.3 Å². The molecule has 2 atom stereocenters. The molecule has 3 heterocycles. The minimum Gasteiger partial charge on any atom is -0.379 e. The Bertz CT molecular complexity index is 821. The number of aromatic nitrogens is 1. The first kappa shape index (κ1) is 16.8. The van der Waals surface area contributed by atoms with Gasteiger partial charge >= 0.3 is 0 Å². The zero-order valence-corrected chi connectivity index (χ0v) is 14.7. The Balaban J connectivity index is 1.64. The minimum atomic E-state index is -0.105. The number of carbonyl (C=O) groups is 1. The monoisotopic (exact) mass is 353 g/mol. The summed E-state index contributed by atoms with van der Waals surface area (Å²) in [7, 11) is 0. The summed E-state index contributed by atoms with van der Waals surface area (Å²) in [6.45, 7) is 3.78. The van der Waals surface area contributed by atoms with Crippen LogP contribution in [0, 0.1) is 6.92 Å². The van der Waals surface area contributed by atoms with Gasteiger partial charge in [-0.3, -0.25) is 4.79 Å². The topological polar surface area (TPSA) is 101 Å². The molecule has 0 spiro atoms. The molecule has 2 aliphatic heterocycles. The molecule has 1 saturated heterocycles. The fourth-order valence-electron chi connectivity index (χ4n) is 3.29. The van der Waals surface area contributed by atoms with Crippen LogP contribution in [0.3, 0.4) is 0 Å². The van der Waals surface area contributed by atoms with Gasteiger partial charge in [-0.15, -0.1) is 0 Å². The number of nitrogens with one attached hydrogen (secondary N) is 3. The van der Waals surface area contributed by atoms with Crippen LogP contribution in [0.5, 0.6) is 0 Å². The van der Waals surface area contributed by atoms with Gasteiger partial charge in [0.15, 0.2) is 0 Å². The summed E-state index contributed by atoms with van der Waals surface area (Å²) in [4.78, 5) is 16.9. The van der Waals surface area contributed by atoms with Crippen LogP contribution < -0.4 is 21.7 Å². The quantitative estimate of drug-likeness (QED) is 0.670. The molecule has 26 heavy (non-hydrogen) atoms. The van der Waals surface area contributed by atoms with Crippen molar-refractivity contribution < 1.29 is 9.53 Å². The lowest BCUT2D eigenvalue weighted by Crippen LogP contribution is -2.47. The Morgan fingerprint density at radius 2 is 2.12 bits per heavy atom. The number of aryl methyl sites for hydroxylation is 1. The molecule has 7 nitrogen and oxygen atoms in total. The Hall–Kier alpha value is -2.64. The second-order valence-electron chi connectivity index (χ2n) is 6.84. The van der Waals surface area contributed by atoms with Gasteiger partial charge in [-0.05, 0) is 37.1 Å². The molecule has 0 unspecified atom stereocenters. The third kappa shape index (κ3) is 3.36. The Labute approximate surface area is 152 Å². The van der Waals surface area contributed by atoms with Gasteiger partial charge in [-0.25, -0.2) is 4.98 Å². The average molecular weight is 353 g/mol. The number of nitrogens with zero attached hydrogens (tertiary/aromatic N) is 1. The zero-order chi connectivity index (χ0) is 18.1. The normalized spacial score (nSPS) is 21.8. The van der Waals surface area contributed by atoms with E-state index in [0.29, 0.717) is 37.0 Å². The van der Waals surface area contributed by atoms with Crippen molar-refractivity contribution in [2.75, 3.05) is 23.8 Å². The molecule has 2 aromatic rings. The van der Waals surface area contributed by atoms with Crippen LogP contribution in [0.2, 0.25) is 0 Å². The van der Waals surface area contributed by atoms with Gasteiger partial charge in [0.05, 0.1) is 18.2 Å². The SMILES string of the molecule is Cc1ccc(Nc2nc(N[C@H]3COCC[C@H]3N)cc3c2C(=O)NC3)cc1. The summed E-state index contributed by atoms with van der Waals surface area (Å²) < 4.78 is 5.52. The number of ether oxygens (including phenoxy) is 1. The van der Waals surface area contributed by atoms with Gasteiger partial charge in [-0.2, -0.15) is 0 Å². The Morgan fingerprint density at radius 3 is 2.88 bits per heavy atom. The molecule has 4 rings (SSSR count). The first-order valence-corrected chi connectivity index (χ1v) is 8.86. The number of amides is 1. The highest BCUT2D eigenvalue weighted by Crippen LogP contribution is 2.29. The van der Waals surface area contributed by atoms with Crippen molar-refractivity contribution in [3.8, 4) is 0 Å². The first-order valence-electron chi connectivity index (χ1n) is 8.86. The lowest BCUT2D eigenvalue weighted by Gasteiger charge is -2.30. The van der Waals surface area contributed by atoms with E-state index in [1.165, 1.54) is 5.56 Å². The summed E-state index contributed by atoms with van der Waals surface area (Å²) in [6, 6.07) is 9.92. The van der Waals surface area contributed by atoms with Crippen LogP contribution in [-0.2, 0) is 11.3 Å². The van der Waals surface area contributed by atoms with Crippen LogP contribution in [0.1, 0.15) is 27.9 Å². The predicted octanol–water partition coefficient (Wildman–Crippen LogP) is 1.91. The summed E-state index contributed by atoms with van der Waals surface area (Å²) >= 11 is 0. The number of pyridine rings is 1. The largest absolute Gasteiger partial charge is 0.379 e. The highest BCUT2D eigenvalue weighted by Gasteiger charge is 2.27. The van der Waals surface area contributed by atoms with Gasteiger partial charge in [0.1, 0.15) is 11.6 Å². The molecule has 136 valence electrons. The maximum atomic E-state index is 12.2. The van der Waals surface area contributed by atoms with Gasteiger partial charge in [0.2, 0.25) is 0 Å². The molecule has 2 aliphatic rings. The van der Waals surface area contributed by atoms with E-state index >= 15 is 0 Å². The summed E-state index contributed by atoms with van der Waals surface area (Å²) in [5.41, 5.74) is 9.77. The van der Waals surface area contributed by atoms with Gasteiger partial charge < -0.3 is 26.4 Å². The van der Waals surface area contributed by atoms with Crippen molar-refractivity contribution in [3.63, 3.8) is 0 Å². The number of nitrogens with two attached hydrogens (primary N) is 1. The molecule has 1 aromatic heterocycles. The standard InChI is InChI=1S/C19H23N5O2/c1-11-2-4-13(5-3-11)22-18-17-12(9-21-19(17)25)8-16(24-18)23-15-10-26-7-6-14(15)20/h2-5,8,14-15H,6-7,9-10,20H2,1H3,(H,21,25)(H2,22,23,24)/t14-,15+/m1/s1. The van der Waals surface area contributed by atoms with Crippen LogP contribution in [0.15, 0.2) is 30.3 Å². The number of carbonyl (C=O) groups excluding carboxylic acids is 1. The number of hydrogen-bond donors (Lipinski definition) is 4. The summed E-state index contributed by atoms with van der Waals surface area (Å²) in [5.74, 6) is 1.14. The minimum absolute atomic E-state index is 0.00610. The van der Waals surface area contributed by atoms with E-state index in [1.54, 1.807) is 0 Å². The first-order chi connectivity index (χ1) is 12.6. The van der Waals surface area contributed by atoms with Gasteiger partial charge in [-0.1, -0.05) is 17.7 Å². The predicted molar refractivity (Wildman–Crippen MR) is 101 cm³/mol. The van der Waals surface area contributed by atoms with Crippen molar-refractivity contribution in [2.45, 2.75) is 32.0 Å². The van der Waals surface area contributed by atoms with E-state index in [1.807, 2.05) is 37.3 Å². The van der Waals surface area contributed by atoms with Crippen molar-refractivity contribution in [2.24, 2.45) is 5.73 Å². The van der Waals surface area contributed by atoms with E-state index in [0.717, 1.165) is 17.7 Å². The van der Waals surface area contributed by atoms with Crippen molar-refractivity contribution in [3.05, 3.63) is 47.0 Å². The lowest BCUT2D eigenvalue weighted by molar-refractivity contribution is 0.0767. The third-order valence-corrected chi connectivity index (χ3v) is 4.82. The van der Waals surface area contributed by atoms with Crippen LogP contribution in [-0.4, -0.2) is 36.2 Å². The molecule has 0 saturated carbocycles. The molecule has 0 aliphatic carbocycles. The molecule has 1 fully saturated rings. The second kappa shape index (κ2) is 6.93. The Morgan fingerprint density at radius 1 is 1.31 bits per heavy atom.